The highest BCUT2D eigenvalue weighted by molar-refractivity contribution is 5.94. The Morgan fingerprint density at radius 3 is 2.68 bits per heavy atom. The minimum Gasteiger partial charge on any atom is -0.858 e. The number of carbonyl (C=O) groups is 1. The van der Waals surface area contributed by atoms with Gasteiger partial charge in [-0.1, -0.05) is 13.0 Å². The maximum Gasteiger partial charge on any atom is 0.331 e. The number of hydrogen-bond donors (Lipinski definition) is 2. The molecule has 2 aromatic carbocycles. The predicted molar refractivity (Wildman–Crippen MR) is 135 cm³/mol. The quantitative estimate of drug-likeness (QED) is 0.194. The summed E-state index contributed by atoms with van der Waals surface area (Å²) in [6, 6.07) is 6.67. The zero-order valence-corrected chi connectivity index (χ0v) is 20.9. The normalized spacial score (nSPS) is 12.4. The van der Waals surface area contributed by atoms with E-state index in [-0.39, 0.29) is 17.9 Å². The van der Waals surface area contributed by atoms with Crippen molar-refractivity contribution in [2.75, 3.05) is 26.1 Å². The molecule has 10 nitrogen and oxygen atoms in total. The van der Waals surface area contributed by atoms with Crippen LogP contribution >= 0.6 is 0 Å². The van der Waals surface area contributed by atoms with Gasteiger partial charge in [0, 0.05) is 30.2 Å². The predicted octanol–water partition coefficient (Wildman–Crippen LogP) is 2.60. The number of rotatable bonds is 9. The average molecular weight is 524 g/mol. The average Bonchev–Trinajstić information content (AvgIpc) is 3.37. The van der Waals surface area contributed by atoms with Crippen molar-refractivity contribution in [3.63, 3.8) is 0 Å². The zero-order chi connectivity index (χ0) is 27.4. The number of nitrogens with zero attached hydrogens (tertiary/aromatic N) is 4. The molecule has 0 aliphatic rings. The van der Waals surface area contributed by atoms with Gasteiger partial charge in [0.25, 0.3) is 0 Å². The Hall–Kier alpha value is -4.58. The number of nitrogens with one attached hydrogen (secondary N) is 1. The number of imidazole rings is 1. The number of halogens is 2. The Balaban J connectivity index is 1.67. The number of fused-ring (bicyclic) bond motifs is 1. The lowest BCUT2D eigenvalue weighted by molar-refractivity contribution is -0.213. The largest absolute Gasteiger partial charge is 0.858 e. The summed E-state index contributed by atoms with van der Waals surface area (Å²) in [7, 11) is 2.46. The molecule has 198 valence electrons. The van der Waals surface area contributed by atoms with Gasteiger partial charge in [-0.05, 0) is 47.7 Å². The van der Waals surface area contributed by atoms with E-state index in [1.807, 2.05) is 6.92 Å². The maximum absolute atomic E-state index is 14.7. The van der Waals surface area contributed by atoms with Crippen LogP contribution in [0.2, 0.25) is 0 Å². The lowest BCUT2D eigenvalue weighted by atomic mass is 10.0. The van der Waals surface area contributed by atoms with E-state index in [0.717, 1.165) is 0 Å². The third kappa shape index (κ3) is 4.98. The first-order valence-corrected chi connectivity index (χ1v) is 11.6. The van der Waals surface area contributed by atoms with Gasteiger partial charge >= 0.3 is 5.97 Å². The molecule has 0 aliphatic heterocycles. The van der Waals surface area contributed by atoms with Crippen LogP contribution in [0.4, 0.5) is 20.3 Å². The minimum atomic E-state index is -1.09. The summed E-state index contributed by atoms with van der Waals surface area (Å²) in [5, 5.41) is 15.9. The topological polar surface area (TPSA) is 139 Å². The number of benzene rings is 2. The van der Waals surface area contributed by atoms with Gasteiger partial charge < -0.3 is 25.6 Å². The number of nitrogens with two attached hydrogens (primary N) is 1. The van der Waals surface area contributed by atoms with Gasteiger partial charge in [-0.15, -0.1) is 0 Å². The fourth-order valence-electron chi connectivity index (χ4n) is 3.95. The van der Waals surface area contributed by atoms with E-state index >= 15 is 0 Å². The molecule has 0 saturated carbocycles. The molecule has 0 spiro atoms. The first-order chi connectivity index (χ1) is 18.3. The van der Waals surface area contributed by atoms with E-state index in [1.54, 1.807) is 28.8 Å². The van der Waals surface area contributed by atoms with Crippen molar-refractivity contribution in [3.05, 3.63) is 71.7 Å². The second-order valence-electron chi connectivity index (χ2n) is 8.12. The summed E-state index contributed by atoms with van der Waals surface area (Å²) >= 11 is 0. The van der Waals surface area contributed by atoms with Gasteiger partial charge in [0.05, 0.1) is 26.1 Å². The van der Waals surface area contributed by atoms with Crippen LogP contribution in [0.5, 0.6) is 5.75 Å². The molecule has 4 rings (SSSR count). The number of carbonyl (C=O) groups excluding carboxylic acids is 1. The maximum atomic E-state index is 14.7. The second-order valence-corrected chi connectivity index (χ2v) is 8.12. The molecule has 4 aromatic rings. The number of hydrogen-bond acceptors (Lipinski definition) is 9. The van der Waals surface area contributed by atoms with Gasteiger partial charge in [-0.3, -0.25) is 9.39 Å². The Labute approximate surface area is 216 Å². The SMILES string of the molecule is CCc1cc(Nc2nccn3c(-c4ccc(OC)c(F)c4F)cnc23)ccc1C([O-])=NC(CN)C(=O)OC. The van der Waals surface area contributed by atoms with Gasteiger partial charge in [0.15, 0.2) is 29.1 Å². The number of anilines is 2. The number of methoxy groups -OCH3 is 2. The number of aromatic nitrogens is 3. The molecule has 3 N–H and O–H groups in total. The fourth-order valence-corrected chi connectivity index (χ4v) is 3.95. The first kappa shape index (κ1) is 26.5. The molecular formula is C26H25F2N6O4-. The molecule has 2 heterocycles. The number of ether oxygens (including phenoxy) is 2. The molecule has 1 unspecified atom stereocenters. The third-order valence-corrected chi connectivity index (χ3v) is 5.92. The Kier molecular flexibility index (Phi) is 7.82. The van der Waals surface area contributed by atoms with Crippen LogP contribution in [0.15, 0.2) is 53.9 Å². The summed E-state index contributed by atoms with van der Waals surface area (Å²) in [6.07, 6.45) is 5.00. The van der Waals surface area contributed by atoms with Gasteiger partial charge in [0.2, 0.25) is 5.82 Å². The van der Waals surface area contributed by atoms with Crippen LogP contribution in [-0.4, -0.2) is 53.0 Å². The van der Waals surface area contributed by atoms with Crippen LogP contribution < -0.4 is 20.9 Å². The summed E-state index contributed by atoms with van der Waals surface area (Å²) < 4.78 is 40.1. The van der Waals surface area contributed by atoms with Gasteiger partial charge in [-0.25, -0.2) is 19.2 Å². The number of aliphatic imine (C=N–C) groups is 1. The molecular weight excluding hydrogens is 498 g/mol. The van der Waals surface area contributed by atoms with E-state index in [4.69, 9.17) is 10.5 Å². The molecule has 0 aliphatic carbocycles. The van der Waals surface area contributed by atoms with Crippen LogP contribution in [0.25, 0.3) is 16.9 Å². The zero-order valence-electron chi connectivity index (χ0n) is 20.9. The summed E-state index contributed by atoms with van der Waals surface area (Å²) in [6.45, 7) is 1.72. The Bertz CT molecular complexity index is 1520. The molecule has 0 amide bonds. The van der Waals surface area contributed by atoms with E-state index in [9.17, 15) is 18.7 Å². The van der Waals surface area contributed by atoms with Crippen molar-refractivity contribution >= 4 is 29.0 Å². The van der Waals surface area contributed by atoms with Crippen molar-refractivity contribution < 1.29 is 28.2 Å². The van der Waals surface area contributed by atoms with Crippen molar-refractivity contribution in [1.82, 2.24) is 14.4 Å². The Morgan fingerprint density at radius 2 is 2.00 bits per heavy atom. The minimum absolute atomic E-state index is 0.00979. The number of esters is 1. The summed E-state index contributed by atoms with van der Waals surface area (Å²) in [4.78, 5) is 24.4. The monoisotopic (exact) mass is 523 g/mol. The smallest absolute Gasteiger partial charge is 0.331 e. The van der Waals surface area contributed by atoms with Gasteiger partial charge in [-0.2, -0.15) is 4.39 Å². The van der Waals surface area contributed by atoms with Crippen molar-refractivity contribution in [2.45, 2.75) is 19.4 Å². The van der Waals surface area contributed by atoms with Crippen molar-refractivity contribution in [2.24, 2.45) is 10.7 Å². The number of aryl methyl sites for hydroxylation is 1. The molecule has 0 fully saturated rings. The molecule has 1 atom stereocenters. The molecule has 0 radical (unpaired) electrons. The van der Waals surface area contributed by atoms with E-state index in [1.165, 1.54) is 38.7 Å². The van der Waals surface area contributed by atoms with Gasteiger partial charge in [0.1, 0.15) is 0 Å². The fraction of sp³-hybridized carbons (Fsp3) is 0.231. The highest BCUT2D eigenvalue weighted by atomic mass is 19.2. The molecule has 2 aromatic heterocycles. The molecule has 0 saturated heterocycles. The first-order valence-electron chi connectivity index (χ1n) is 11.6. The van der Waals surface area contributed by atoms with Crippen molar-refractivity contribution in [3.8, 4) is 17.0 Å². The van der Waals surface area contributed by atoms with Crippen LogP contribution in [0, 0.1) is 11.6 Å². The van der Waals surface area contributed by atoms with E-state index < -0.39 is 29.5 Å². The standard InChI is InChI=1S/C26H26F2N6O4/c1-4-14-11-15(5-6-16(14)25(35)33-18(12-29)26(36)38-3)32-23-24-31-13-19(34(24)10-9-30-23)17-7-8-20(37-2)22(28)21(17)27/h5-11,13,18H,4,12,29H2,1-3H3,(H,30,32)(H,33,35)/p-1. The van der Waals surface area contributed by atoms with Crippen molar-refractivity contribution in [1.29, 1.82) is 0 Å². The summed E-state index contributed by atoms with van der Waals surface area (Å²) in [5.74, 6) is -3.26. The van der Waals surface area contributed by atoms with E-state index in [0.29, 0.717) is 40.4 Å². The Morgan fingerprint density at radius 1 is 1.21 bits per heavy atom. The summed E-state index contributed by atoms with van der Waals surface area (Å²) in [5.41, 5.74) is 7.86. The molecule has 0 bridgehead atoms. The van der Waals surface area contributed by atoms with E-state index in [2.05, 4.69) is 25.0 Å². The molecule has 12 heteroatoms. The highest BCUT2D eigenvalue weighted by Gasteiger charge is 2.19. The van der Waals surface area contributed by atoms with Crippen LogP contribution in [0.3, 0.4) is 0 Å². The van der Waals surface area contributed by atoms with Crippen LogP contribution in [-0.2, 0) is 16.0 Å². The third-order valence-electron chi connectivity index (χ3n) is 5.92. The lowest BCUT2D eigenvalue weighted by Gasteiger charge is -2.19. The second kappa shape index (κ2) is 11.2. The van der Waals surface area contributed by atoms with Crippen LogP contribution in [0.1, 0.15) is 18.1 Å². The molecule has 38 heavy (non-hydrogen) atoms. The lowest BCUT2D eigenvalue weighted by Crippen LogP contribution is -2.33. The highest BCUT2D eigenvalue weighted by Crippen LogP contribution is 2.31.